The number of nitrogen functional groups attached to an aromatic ring is 1. The Morgan fingerprint density at radius 3 is 2.94 bits per heavy atom. The number of benzene rings is 1. The minimum atomic E-state index is 0.622. The molecule has 1 heterocycles. The summed E-state index contributed by atoms with van der Waals surface area (Å²) < 4.78 is 0. The number of fused-ring (bicyclic) bond motifs is 1. The predicted octanol–water partition coefficient (Wildman–Crippen LogP) is 3.37. The third-order valence-corrected chi connectivity index (χ3v) is 3.88. The molecule has 2 heteroatoms. The van der Waals surface area contributed by atoms with E-state index in [0.717, 1.165) is 31.6 Å². The highest BCUT2D eigenvalue weighted by Gasteiger charge is 2.20. The fourth-order valence-electron chi connectivity index (χ4n) is 2.61. The van der Waals surface area contributed by atoms with Gasteiger partial charge < -0.3 is 5.73 Å². The maximum absolute atomic E-state index is 5.87. The van der Waals surface area contributed by atoms with E-state index in [0.29, 0.717) is 6.04 Å². The van der Waals surface area contributed by atoms with Gasteiger partial charge in [-0.25, -0.2) is 0 Å². The average Bonchev–Trinajstić information content (AvgIpc) is 2.34. The number of anilines is 1. The summed E-state index contributed by atoms with van der Waals surface area (Å²) in [5, 5.41) is 0. The number of nitrogens with two attached hydrogens (primary N) is 1. The van der Waals surface area contributed by atoms with Crippen molar-refractivity contribution in [2.45, 2.75) is 45.7 Å². The Labute approximate surface area is 110 Å². The van der Waals surface area contributed by atoms with Crippen LogP contribution in [0.25, 0.3) is 0 Å². The Hall–Kier alpha value is -1.28. The van der Waals surface area contributed by atoms with Gasteiger partial charge in [-0.3, -0.25) is 4.90 Å². The summed E-state index contributed by atoms with van der Waals surface area (Å²) in [6, 6.07) is 6.95. The first kappa shape index (κ1) is 13.2. The summed E-state index contributed by atoms with van der Waals surface area (Å²) in [4.78, 5) is 2.56. The molecule has 1 atom stereocenters. The van der Waals surface area contributed by atoms with Crippen molar-refractivity contribution in [1.82, 2.24) is 4.90 Å². The molecule has 0 aliphatic carbocycles. The van der Waals surface area contributed by atoms with E-state index in [2.05, 4.69) is 37.5 Å². The van der Waals surface area contributed by atoms with Crippen molar-refractivity contribution in [2.75, 3.05) is 12.3 Å². The van der Waals surface area contributed by atoms with Gasteiger partial charge in [0.05, 0.1) is 0 Å². The van der Waals surface area contributed by atoms with Crippen LogP contribution >= 0.6 is 0 Å². The lowest BCUT2D eigenvalue weighted by molar-refractivity contribution is 0.182. The molecule has 0 radical (unpaired) electrons. The third kappa shape index (κ3) is 3.14. The van der Waals surface area contributed by atoms with Crippen LogP contribution in [0.4, 0.5) is 5.69 Å². The first-order valence-corrected chi connectivity index (χ1v) is 6.82. The van der Waals surface area contributed by atoms with Crippen molar-refractivity contribution >= 4 is 5.69 Å². The van der Waals surface area contributed by atoms with Crippen LogP contribution in [-0.2, 0) is 13.0 Å². The molecule has 1 aliphatic rings. The smallest absolute Gasteiger partial charge is 0.0317 e. The highest BCUT2D eigenvalue weighted by atomic mass is 15.2. The lowest BCUT2D eigenvalue weighted by atomic mass is 9.97. The number of nitrogens with zero attached hydrogens (tertiary/aromatic N) is 1. The van der Waals surface area contributed by atoms with Gasteiger partial charge in [-0.2, -0.15) is 0 Å². The fourth-order valence-corrected chi connectivity index (χ4v) is 2.61. The molecule has 1 aromatic rings. The first-order valence-electron chi connectivity index (χ1n) is 6.82. The Kier molecular flexibility index (Phi) is 4.07. The third-order valence-electron chi connectivity index (χ3n) is 3.88. The quantitative estimate of drug-likeness (QED) is 0.650. The van der Waals surface area contributed by atoms with Gasteiger partial charge in [-0.1, -0.05) is 11.6 Å². The molecular formula is C16H24N2. The van der Waals surface area contributed by atoms with E-state index in [1.165, 1.54) is 23.1 Å². The molecule has 0 amide bonds. The maximum Gasteiger partial charge on any atom is 0.0317 e. The summed E-state index contributed by atoms with van der Waals surface area (Å²) in [7, 11) is 0. The minimum absolute atomic E-state index is 0.622. The zero-order valence-corrected chi connectivity index (χ0v) is 11.6. The van der Waals surface area contributed by atoms with E-state index in [4.69, 9.17) is 5.73 Å². The second kappa shape index (κ2) is 5.57. The maximum atomic E-state index is 5.87. The van der Waals surface area contributed by atoms with E-state index < -0.39 is 0 Å². The molecule has 0 saturated carbocycles. The van der Waals surface area contributed by atoms with E-state index >= 15 is 0 Å². The number of hydrogen-bond acceptors (Lipinski definition) is 2. The second-order valence-corrected chi connectivity index (χ2v) is 5.59. The Balaban J connectivity index is 2.00. The van der Waals surface area contributed by atoms with E-state index in [1.807, 2.05) is 6.07 Å². The molecule has 18 heavy (non-hydrogen) atoms. The van der Waals surface area contributed by atoms with Gasteiger partial charge in [-0.05, 0) is 56.4 Å². The Morgan fingerprint density at radius 1 is 1.44 bits per heavy atom. The number of allylic oxidation sites excluding steroid dienone is 1. The van der Waals surface area contributed by atoms with Gasteiger partial charge in [0.15, 0.2) is 0 Å². The lowest BCUT2D eigenvalue weighted by Crippen LogP contribution is -2.37. The highest BCUT2D eigenvalue weighted by molar-refractivity contribution is 5.45. The van der Waals surface area contributed by atoms with Crippen molar-refractivity contribution in [3.8, 4) is 0 Å². The number of rotatable bonds is 4. The van der Waals surface area contributed by atoms with Crippen molar-refractivity contribution < 1.29 is 0 Å². The molecule has 1 aromatic carbocycles. The Morgan fingerprint density at radius 2 is 2.22 bits per heavy atom. The van der Waals surface area contributed by atoms with Crippen LogP contribution in [0.2, 0.25) is 0 Å². The van der Waals surface area contributed by atoms with Crippen LogP contribution in [0.1, 0.15) is 37.8 Å². The van der Waals surface area contributed by atoms with Crippen molar-refractivity contribution in [3.05, 3.63) is 41.5 Å². The summed E-state index contributed by atoms with van der Waals surface area (Å²) in [5.41, 5.74) is 10.9. The monoisotopic (exact) mass is 244 g/mol. The molecule has 0 fully saturated rings. The van der Waals surface area contributed by atoms with Crippen LogP contribution in [0.15, 0.2) is 30.4 Å². The van der Waals surface area contributed by atoms with Gasteiger partial charge in [0, 0.05) is 24.8 Å². The predicted molar refractivity (Wildman–Crippen MR) is 78.5 cm³/mol. The zero-order valence-electron chi connectivity index (χ0n) is 11.6. The van der Waals surface area contributed by atoms with Crippen molar-refractivity contribution in [2.24, 2.45) is 0 Å². The molecule has 2 nitrogen and oxygen atoms in total. The van der Waals surface area contributed by atoms with Crippen molar-refractivity contribution in [3.63, 3.8) is 0 Å². The first-order chi connectivity index (χ1) is 8.56. The van der Waals surface area contributed by atoms with Crippen LogP contribution in [0.3, 0.4) is 0 Å². The van der Waals surface area contributed by atoms with Crippen LogP contribution in [0, 0.1) is 0 Å². The molecule has 2 rings (SSSR count). The van der Waals surface area contributed by atoms with Gasteiger partial charge in [0.25, 0.3) is 0 Å². The van der Waals surface area contributed by atoms with Gasteiger partial charge in [-0.15, -0.1) is 6.58 Å². The van der Waals surface area contributed by atoms with E-state index in [1.54, 1.807) is 0 Å². The van der Waals surface area contributed by atoms with Gasteiger partial charge >= 0.3 is 0 Å². The fraction of sp³-hybridized carbons (Fsp3) is 0.500. The van der Waals surface area contributed by atoms with Crippen molar-refractivity contribution in [1.29, 1.82) is 0 Å². The highest BCUT2D eigenvalue weighted by Crippen LogP contribution is 2.24. The lowest BCUT2D eigenvalue weighted by Gasteiger charge is -2.34. The molecule has 1 unspecified atom stereocenters. The van der Waals surface area contributed by atoms with Crippen LogP contribution < -0.4 is 5.73 Å². The zero-order chi connectivity index (χ0) is 13.1. The molecule has 98 valence electrons. The minimum Gasteiger partial charge on any atom is -0.399 e. The molecule has 1 aliphatic heterocycles. The molecule has 0 bridgehead atoms. The SMILES string of the molecule is C=C(C)CCC(C)N1CCc2ccc(N)cc2C1. The topological polar surface area (TPSA) is 29.3 Å². The van der Waals surface area contributed by atoms with Crippen LogP contribution in [0.5, 0.6) is 0 Å². The molecule has 0 aromatic heterocycles. The molecule has 2 N–H and O–H groups in total. The van der Waals surface area contributed by atoms with Gasteiger partial charge in [0.2, 0.25) is 0 Å². The summed E-state index contributed by atoms with van der Waals surface area (Å²) in [6.07, 6.45) is 3.47. The van der Waals surface area contributed by atoms with E-state index in [-0.39, 0.29) is 0 Å². The molecular weight excluding hydrogens is 220 g/mol. The Bertz CT molecular complexity index is 437. The summed E-state index contributed by atoms with van der Waals surface area (Å²) >= 11 is 0. The molecule has 0 saturated heterocycles. The number of hydrogen-bond donors (Lipinski definition) is 1. The van der Waals surface area contributed by atoms with Gasteiger partial charge in [0.1, 0.15) is 0 Å². The summed E-state index contributed by atoms with van der Waals surface area (Å²) in [5.74, 6) is 0. The van der Waals surface area contributed by atoms with E-state index in [9.17, 15) is 0 Å². The average molecular weight is 244 g/mol. The standard InChI is InChI=1S/C16H24N2/c1-12(2)4-5-13(3)18-9-8-14-6-7-16(17)10-15(14)11-18/h6-7,10,13H,1,4-5,8-9,11,17H2,2-3H3. The molecule has 0 spiro atoms. The second-order valence-electron chi connectivity index (χ2n) is 5.59. The normalized spacial score (nSPS) is 17.2. The summed E-state index contributed by atoms with van der Waals surface area (Å²) in [6.45, 7) is 10.6. The largest absolute Gasteiger partial charge is 0.399 e. The van der Waals surface area contributed by atoms with Crippen LogP contribution in [-0.4, -0.2) is 17.5 Å².